The van der Waals surface area contributed by atoms with E-state index in [0.717, 1.165) is 5.52 Å². The largest absolute Gasteiger partial charge is 0.338 e. The first-order chi connectivity index (χ1) is 12.0. The summed E-state index contributed by atoms with van der Waals surface area (Å²) in [6.07, 6.45) is 5.17. The summed E-state index contributed by atoms with van der Waals surface area (Å²) in [7, 11) is 1.51. The molecule has 2 aromatic heterocycles. The lowest BCUT2D eigenvalue weighted by Gasteiger charge is -2.35. The average Bonchev–Trinajstić information content (AvgIpc) is 3.18. The van der Waals surface area contributed by atoms with Gasteiger partial charge >= 0.3 is 6.03 Å². The van der Waals surface area contributed by atoms with Crippen molar-refractivity contribution >= 4 is 23.4 Å². The summed E-state index contributed by atoms with van der Waals surface area (Å²) in [6.45, 7) is 1.34. The Balaban J connectivity index is 1.42. The zero-order valence-corrected chi connectivity index (χ0v) is 14.1. The van der Waals surface area contributed by atoms with Crippen LogP contribution in [0.4, 0.5) is 4.79 Å². The minimum absolute atomic E-state index is 0.0168. The van der Waals surface area contributed by atoms with E-state index in [0.29, 0.717) is 31.5 Å². The van der Waals surface area contributed by atoms with Gasteiger partial charge in [-0.1, -0.05) is 6.07 Å². The number of pyridine rings is 1. The number of amides is 4. The molecular weight excluding hydrogens is 320 g/mol. The minimum atomic E-state index is -0.228. The molecule has 2 aromatic rings. The lowest BCUT2D eigenvalue weighted by Crippen LogP contribution is -2.47. The molecule has 0 aromatic carbocycles. The predicted molar refractivity (Wildman–Crippen MR) is 91.2 cm³/mol. The number of piperidine rings is 1. The molecule has 0 radical (unpaired) electrons. The van der Waals surface area contributed by atoms with Gasteiger partial charge in [-0.15, -0.1) is 0 Å². The van der Waals surface area contributed by atoms with Gasteiger partial charge in [0.15, 0.2) is 0 Å². The third-order valence-corrected chi connectivity index (χ3v) is 5.16. The Hall–Kier alpha value is -2.83. The molecule has 0 unspecified atom stereocenters. The van der Waals surface area contributed by atoms with E-state index in [-0.39, 0.29) is 30.4 Å². The Morgan fingerprint density at radius 3 is 2.56 bits per heavy atom. The van der Waals surface area contributed by atoms with E-state index in [9.17, 15) is 14.4 Å². The number of rotatable bonds is 2. The van der Waals surface area contributed by atoms with Gasteiger partial charge in [0.2, 0.25) is 5.91 Å². The molecule has 2 aliphatic rings. The molecule has 7 heteroatoms. The molecule has 0 atom stereocenters. The molecule has 2 aliphatic heterocycles. The van der Waals surface area contributed by atoms with Crippen LogP contribution in [0.15, 0.2) is 36.7 Å². The summed E-state index contributed by atoms with van der Waals surface area (Å²) in [5.74, 6) is -0.146. The molecule has 2 saturated heterocycles. The number of imide groups is 1. The molecule has 130 valence electrons. The maximum atomic E-state index is 12.7. The Bertz CT molecular complexity index is 818. The third-order valence-electron chi connectivity index (χ3n) is 5.16. The molecule has 4 heterocycles. The highest BCUT2D eigenvalue weighted by Gasteiger charge is 2.39. The molecule has 2 fully saturated rings. The molecule has 25 heavy (non-hydrogen) atoms. The summed E-state index contributed by atoms with van der Waals surface area (Å²) >= 11 is 0. The van der Waals surface area contributed by atoms with Gasteiger partial charge in [0, 0.05) is 44.1 Å². The number of likely N-dealkylation sites (tertiary alicyclic amines) is 1. The smallest absolute Gasteiger partial charge is 0.327 e. The van der Waals surface area contributed by atoms with Crippen molar-refractivity contribution < 1.29 is 14.4 Å². The lowest BCUT2D eigenvalue weighted by atomic mass is 10.0. The van der Waals surface area contributed by atoms with Gasteiger partial charge in [-0.3, -0.25) is 14.5 Å². The summed E-state index contributed by atoms with van der Waals surface area (Å²) in [5.41, 5.74) is 1.67. The number of likely N-dealkylation sites (N-methyl/N-ethyl adjacent to an activating group) is 1. The monoisotopic (exact) mass is 340 g/mol. The van der Waals surface area contributed by atoms with E-state index < -0.39 is 0 Å². The van der Waals surface area contributed by atoms with Crippen LogP contribution in [0.5, 0.6) is 0 Å². The van der Waals surface area contributed by atoms with Gasteiger partial charge in [-0.2, -0.15) is 0 Å². The van der Waals surface area contributed by atoms with Crippen molar-refractivity contribution in [2.24, 2.45) is 0 Å². The average molecular weight is 340 g/mol. The second-order valence-electron chi connectivity index (χ2n) is 6.65. The van der Waals surface area contributed by atoms with Gasteiger partial charge in [0.25, 0.3) is 5.91 Å². The first-order valence-electron chi connectivity index (χ1n) is 8.48. The fourth-order valence-corrected chi connectivity index (χ4v) is 3.64. The van der Waals surface area contributed by atoms with Crippen molar-refractivity contribution in [1.82, 2.24) is 19.1 Å². The van der Waals surface area contributed by atoms with Crippen LogP contribution in [0.25, 0.3) is 5.52 Å². The van der Waals surface area contributed by atoms with Crippen molar-refractivity contribution in [3.63, 3.8) is 0 Å². The van der Waals surface area contributed by atoms with Crippen LogP contribution in [-0.4, -0.2) is 69.7 Å². The van der Waals surface area contributed by atoms with Crippen LogP contribution in [0, 0.1) is 0 Å². The number of fused-ring (bicyclic) bond motifs is 1. The van der Waals surface area contributed by atoms with Gasteiger partial charge in [-0.25, -0.2) is 4.79 Å². The van der Waals surface area contributed by atoms with Crippen molar-refractivity contribution in [2.45, 2.75) is 18.9 Å². The standard InChI is InChI=1S/C18H20N4O3/c1-19-16(23)12-22(18(19)25)14-5-8-20(9-6-14)17(24)13-10-15-4-2-3-7-21(15)11-13/h2-4,7,10-11,14H,5-6,8-9,12H2,1H3. The summed E-state index contributed by atoms with van der Waals surface area (Å²) < 4.78 is 1.93. The first kappa shape index (κ1) is 15.7. The zero-order valence-electron chi connectivity index (χ0n) is 14.1. The van der Waals surface area contributed by atoms with Crippen LogP contribution < -0.4 is 0 Å². The Labute approximate surface area is 145 Å². The molecule has 0 N–H and O–H groups in total. The number of hydrogen-bond acceptors (Lipinski definition) is 3. The number of nitrogens with zero attached hydrogens (tertiary/aromatic N) is 4. The molecule has 0 saturated carbocycles. The number of carbonyl (C=O) groups excluding carboxylic acids is 3. The number of carbonyl (C=O) groups is 3. The van der Waals surface area contributed by atoms with Crippen LogP contribution >= 0.6 is 0 Å². The van der Waals surface area contributed by atoms with Crippen molar-refractivity contribution in [3.8, 4) is 0 Å². The van der Waals surface area contributed by atoms with E-state index in [1.807, 2.05) is 46.0 Å². The van der Waals surface area contributed by atoms with Crippen LogP contribution in [0.3, 0.4) is 0 Å². The van der Waals surface area contributed by atoms with E-state index in [1.165, 1.54) is 11.9 Å². The fraction of sp³-hybridized carbons (Fsp3) is 0.389. The SMILES string of the molecule is CN1C(=O)CN(C2CCN(C(=O)c3cc4ccccn4c3)CC2)C1=O. The maximum absolute atomic E-state index is 12.7. The van der Waals surface area contributed by atoms with Gasteiger partial charge in [-0.05, 0) is 31.0 Å². The summed E-state index contributed by atoms with van der Waals surface area (Å²) in [5, 5.41) is 0. The number of aromatic nitrogens is 1. The fourth-order valence-electron chi connectivity index (χ4n) is 3.64. The quantitative estimate of drug-likeness (QED) is 0.777. The topological polar surface area (TPSA) is 65.3 Å². The molecule has 0 aliphatic carbocycles. The normalized spacial score (nSPS) is 19.3. The number of urea groups is 1. The highest BCUT2D eigenvalue weighted by Crippen LogP contribution is 2.23. The van der Waals surface area contributed by atoms with Crippen LogP contribution in [0.2, 0.25) is 0 Å². The number of hydrogen-bond donors (Lipinski definition) is 0. The highest BCUT2D eigenvalue weighted by atomic mass is 16.2. The first-order valence-corrected chi connectivity index (χ1v) is 8.48. The van der Waals surface area contributed by atoms with Gasteiger partial charge in [0.1, 0.15) is 6.54 Å². The van der Waals surface area contributed by atoms with Gasteiger partial charge in [0.05, 0.1) is 5.56 Å². The van der Waals surface area contributed by atoms with E-state index in [4.69, 9.17) is 0 Å². The Morgan fingerprint density at radius 2 is 1.92 bits per heavy atom. The van der Waals surface area contributed by atoms with Crippen LogP contribution in [0.1, 0.15) is 23.2 Å². The second kappa shape index (κ2) is 5.91. The predicted octanol–water partition coefficient (Wildman–Crippen LogP) is 1.44. The highest BCUT2D eigenvalue weighted by molar-refractivity contribution is 6.01. The maximum Gasteiger partial charge on any atom is 0.327 e. The van der Waals surface area contributed by atoms with Crippen molar-refractivity contribution in [3.05, 3.63) is 42.2 Å². The molecule has 4 amide bonds. The lowest BCUT2D eigenvalue weighted by molar-refractivity contribution is -0.124. The third kappa shape index (κ3) is 2.65. The van der Waals surface area contributed by atoms with Crippen molar-refractivity contribution in [2.75, 3.05) is 26.7 Å². The summed E-state index contributed by atoms with van der Waals surface area (Å²) in [6, 6.07) is 7.53. The molecular formula is C18H20N4O3. The van der Waals surface area contributed by atoms with E-state index in [1.54, 1.807) is 4.90 Å². The molecule has 4 rings (SSSR count). The van der Waals surface area contributed by atoms with Crippen LogP contribution in [-0.2, 0) is 4.79 Å². The molecule has 0 spiro atoms. The Morgan fingerprint density at radius 1 is 1.16 bits per heavy atom. The zero-order chi connectivity index (χ0) is 17.6. The second-order valence-corrected chi connectivity index (χ2v) is 6.65. The van der Waals surface area contributed by atoms with E-state index >= 15 is 0 Å². The van der Waals surface area contributed by atoms with Crippen molar-refractivity contribution in [1.29, 1.82) is 0 Å². The molecule has 7 nitrogen and oxygen atoms in total. The Kier molecular flexibility index (Phi) is 3.71. The minimum Gasteiger partial charge on any atom is -0.338 e. The summed E-state index contributed by atoms with van der Waals surface area (Å²) in [4.78, 5) is 41.1. The van der Waals surface area contributed by atoms with Gasteiger partial charge < -0.3 is 14.2 Å². The molecule has 0 bridgehead atoms. The van der Waals surface area contributed by atoms with E-state index in [2.05, 4.69) is 0 Å².